The first-order valence-corrected chi connectivity index (χ1v) is 8.05. The fraction of sp³-hybridized carbons (Fsp3) is 0.625. The summed E-state index contributed by atoms with van der Waals surface area (Å²) in [4.78, 5) is 0. The molecule has 2 rings (SSSR count). The smallest absolute Gasteiger partial charge is 0.0422 e. The summed E-state index contributed by atoms with van der Waals surface area (Å²) in [6.45, 7) is 5.27. The molecule has 3 unspecified atom stereocenters. The number of nitrogens with two attached hydrogens (primary N) is 1. The van der Waals surface area contributed by atoms with Gasteiger partial charge in [-0.15, -0.1) is 11.8 Å². The zero-order valence-electron chi connectivity index (χ0n) is 11.6. The lowest BCUT2D eigenvalue weighted by atomic mass is 9.91. The van der Waals surface area contributed by atoms with E-state index in [-0.39, 0.29) is 0 Å². The zero-order valence-corrected chi connectivity index (χ0v) is 12.4. The van der Waals surface area contributed by atoms with Crippen LogP contribution in [0.25, 0.3) is 0 Å². The minimum Gasteiger partial charge on any atom is -0.329 e. The zero-order chi connectivity index (χ0) is 13.0. The second-order valence-electron chi connectivity index (χ2n) is 5.66. The molecular formula is C16H25NS. The Hall–Kier alpha value is -0.470. The van der Waals surface area contributed by atoms with Gasteiger partial charge in [0.05, 0.1) is 0 Å². The summed E-state index contributed by atoms with van der Waals surface area (Å²) in [7, 11) is 0. The molecule has 0 heterocycles. The Morgan fingerprint density at radius 3 is 2.61 bits per heavy atom. The Labute approximate surface area is 116 Å². The number of rotatable bonds is 4. The molecule has 1 fully saturated rings. The van der Waals surface area contributed by atoms with E-state index in [4.69, 9.17) is 5.73 Å². The van der Waals surface area contributed by atoms with Gasteiger partial charge in [0, 0.05) is 17.0 Å². The van der Waals surface area contributed by atoms with Crippen molar-refractivity contribution < 1.29 is 0 Å². The summed E-state index contributed by atoms with van der Waals surface area (Å²) < 4.78 is 0. The SMILES string of the molecule is Cc1ccc(C(CN)SC2CCCC(C)C2)cc1. The van der Waals surface area contributed by atoms with Crippen LogP contribution >= 0.6 is 11.8 Å². The molecule has 2 N–H and O–H groups in total. The Kier molecular flexibility index (Phi) is 5.13. The molecule has 100 valence electrons. The highest BCUT2D eigenvalue weighted by Gasteiger charge is 2.23. The Bertz CT molecular complexity index is 360. The maximum Gasteiger partial charge on any atom is 0.0422 e. The van der Waals surface area contributed by atoms with Crippen molar-refractivity contribution in [3.63, 3.8) is 0 Å². The molecule has 1 nitrogen and oxygen atoms in total. The molecule has 0 amide bonds. The van der Waals surface area contributed by atoms with E-state index in [1.54, 1.807) is 0 Å². The number of hydrogen-bond donors (Lipinski definition) is 1. The first-order chi connectivity index (χ1) is 8.69. The summed E-state index contributed by atoms with van der Waals surface area (Å²) >= 11 is 2.10. The van der Waals surface area contributed by atoms with Gasteiger partial charge in [-0.3, -0.25) is 0 Å². The van der Waals surface area contributed by atoms with Gasteiger partial charge in [0.1, 0.15) is 0 Å². The molecule has 1 aliphatic carbocycles. The predicted molar refractivity (Wildman–Crippen MR) is 82.0 cm³/mol. The highest BCUT2D eigenvalue weighted by Crippen LogP contribution is 2.39. The Morgan fingerprint density at radius 1 is 1.28 bits per heavy atom. The maximum atomic E-state index is 5.97. The van der Waals surface area contributed by atoms with Gasteiger partial charge in [0.2, 0.25) is 0 Å². The molecule has 0 aliphatic heterocycles. The van der Waals surface area contributed by atoms with E-state index in [0.29, 0.717) is 5.25 Å². The largest absolute Gasteiger partial charge is 0.329 e. The van der Waals surface area contributed by atoms with Crippen LogP contribution in [-0.2, 0) is 0 Å². The van der Waals surface area contributed by atoms with E-state index >= 15 is 0 Å². The first-order valence-electron chi connectivity index (χ1n) is 7.11. The van der Waals surface area contributed by atoms with Gasteiger partial charge in [0.25, 0.3) is 0 Å². The highest BCUT2D eigenvalue weighted by molar-refractivity contribution is 8.00. The standard InChI is InChI=1S/C16H25NS/c1-12-6-8-14(9-7-12)16(11-17)18-15-5-3-4-13(2)10-15/h6-9,13,15-16H,3-5,10-11,17H2,1-2H3. The fourth-order valence-corrected chi connectivity index (χ4v) is 4.42. The van der Waals surface area contributed by atoms with Crippen LogP contribution in [0.2, 0.25) is 0 Å². The van der Waals surface area contributed by atoms with Crippen LogP contribution in [0.1, 0.15) is 49.0 Å². The van der Waals surface area contributed by atoms with E-state index in [0.717, 1.165) is 17.7 Å². The third kappa shape index (κ3) is 3.76. The molecule has 0 saturated heterocycles. The van der Waals surface area contributed by atoms with Crippen molar-refractivity contribution in [2.45, 2.75) is 50.0 Å². The quantitative estimate of drug-likeness (QED) is 0.876. The second kappa shape index (κ2) is 6.63. The first kappa shape index (κ1) is 14.0. The summed E-state index contributed by atoms with van der Waals surface area (Å²) in [5.41, 5.74) is 8.69. The molecule has 1 saturated carbocycles. The van der Waals surface area contributed by atoms with Crippen LogP contribution in [0, 0.1) is 12.8 Å². The van der Waals surface area contributed by atoms with Crippen LogP contribution in [0.5, 0.6) is 0 Å². The molecule has 0 bridgehead atoms. The summed E-state index contributed by atoms with van der Waals surface area (Å²) in [5, 5.41) is 1.28. The minimum absolute atomic E-state index is 0.473. The maximum absolute atomic E-state index is 5.97. The third-order valence-electron chi connectivity index (χ3n) is 3.91. The third-order valence-corrected chi connectivity index (χ3v) is 5.51. The fourth-order valence-electron chi connectivity index (χ4n) is 2.79. The lowest BCUT2D eigenvalue weighted by molar-refractivity contribution is 0.393. The summed E-state index contributed by atoms with van der Waals surface area (Å²) in [5.74, 6) is 0.896. The van der Waals surface area contributed by atoms with Crippen molar-refractivity contribution in [3.05, 3.63) is 35.4 Å². The molecule has 0 radical (unpaired) electrons. The van der Waals surface area contributed by atoms with E-state index in [9.17, 15) is 0 Å². The lowest BCUT2D eigenvalue weighted by Crippen LogP contribution is -2.19. The number of thioether (sulfide) groups is 1. The molecule has 0 aromatic heterocycles. The van der Waals surface area contributed by atoms with Gasteiger partial charge in [-0.1, -0.05) is 49.6 Å². The van der Waals surface area contributed by atoms with E-state index in [1.165, 1.54) is 36.8 Å². The minimum atomic E-state index is 0.473. The van der Waals surface area contributed by atoms with Crippen LogP contribution < -0.4 is 5.73 Å². The van der Waals surface area contributed by atoms with Gasteiger partial charge in [-0.2, -0.15) is 0 Å². The summed E-state index contributed by atoms with van der Waals surface area (Å²) in [6, 6.07) is 8.88. The Balaban J connectivity index is 1.98. The Morgan fingerprint density at radius 2 is 2.00 bits per heavy atom. The molecule has 3 atom stereocenters. The normalized spacial score (nSPS) is 25.9. The van der Waals surface area contributed by atoms with Crippen molar-refractivity contribution in [2.75, 3.05) is 6.54 Å². The van der Waals surface area contributed by atoms with Gasteiger partial charge in [0.15, 0.2) is 0 Å². The lowest BCUT2D eigenvalue weighted by Gasteiger charge is -2.29. The van der Waals surface area contributed by atoms with Crippen molar-refractivity contribution in [1.82, 2.24) is 0 Å². The van der Waals surface area contributed by atoms with E-state index in [1.807, 2.05) is 0 Å². The van der Waals surface area contributed by atoms with Crippen molar-refractivity contribution in [2.24, 2.45) is 11.7 Å². The number of hydrogen-bond acceptors (Lipinski definition) is 2. The summed E-state index contributed by atoms with van der Waals surface area (Å²) in [6.07, 6.45) is 5.54. The monoisotopic (exact) mass is 263 g/mol. The van der Waals surface area contributed by atoms with E-state index < -0.39 is 0 Å². The molecule has 18 heavy (non-hydrogen) atoms. The van der Waals surface area contributed by atoms with Crippen molar-refractivity contribution >= 4 is 11.8 Å². The van der Waals surface area contributed by atoms with Crippen molar-refractivity contribution in [1.29, 1.82) is 0 Å². The topological polar surface area (TPSA) is 26.0 Å². The van der Waals surface area contributed by atoms with Gasteiger partial charge in [-0.05, 0) is 31.2 Å². The molecule has 1 aromatic carbocycles. The molecule has 1 aromatic rings. The van der Waals surface area contributed by atoms with Gasteiger partial charge < -0.3 is 5.73 Å². The van der Waals surface area contributed by atoms with Gasteiger partial charge in [-0.25, -0.2) is 0 Å². The van der Waals surface area contributed by atoms with Crippen LogP contribution in [-0.4, -0.2) is 11.8 Å². The number of aryl methyl sites for hydroxylation is 1. The van der Waals surface area contributed by atoms with Crippen LogP contribution in [0.15, 0.2) is 24.3 Å². The average Bonchev–Trinajstić information content (AvgIpc) is 2.37. The van der Waals surface area contributed by atoms with Crippen LogP contribution in [0.3, 0.4) is 0 Å². The molecule has 0 spiro atoms. The second-order valence-corrected chi connectivity index (χ2v) is 7.17. The molecule has 2 heteroatoms. The predicted octanol–water partition coefficient (Wildman–Crippen LogP) is 4.31. The van der Waals surface area contributed by atoms with Crippen LogP contribution in [0.4, 0.5) is 0 Å². The van der Waals surface area contributed by atoms with E-state index in [2.05, 4.69) is 49.9 Å². The molecular weight excluding hydrogens is 238 g/mol. The highest BCUT2D eigenvalue weighted by atomic mass is 32.2. The number of benzene rings is 1. The van der Waals surface area contributed by atoms with Crippen molar-refractivity contribution in [3.8, 4) is 0 Å². The molecule has 1 aliphatic rings. The van der Waals surface area contributed by atoms with Gasteiger partial charge >= 0.3 is 0 Å². The average molecular weight is 263 g/mol.